The number of aromatic nitrogens is 1. The van der Waals surface area contributed by atoms with Crippen molar-refractivity contribution >= 4 is 12.2 Å². The van der Waals surface area contributed by atoms with Crippen LogP contribution in [0.1, 0.15) is 18.1 Å². The summed E-state index contributed by atoms with van der Waals surface area (Å²) in [6.07, 6.45) is 0. The predicted molar refractivity (Wildman–Crippen MR) is 98.4 cm³/mol. The maximum atomic E-state index is 9.42. The van der Waals surface area contributed by atoms with Gasteiger partial charge in [0.05, 0.1) is 32.5 Å². The largest absolute Gasteiger partial charge is 0.494 e. The van der Waals surface area contributed by atoms with Crippen molar-refractivity contribution in [2.45, 2.75) is 6.92 Å². The predicted octanol–water partition coefficient (Wildman–Crippen LogP) is 2.53. The summed E-state index contributed by atoms with van der Waals surface area (Å²) in [4.78, 5) is 2.76. The zero-order valence-corrected chi connectivity index (χ0v) is 15.3. The summed E-state index contributed by atoms with van der Waals surface area (Å²) < 4.78 is 10.8. The van der Waals surface area contributed by atoms with E-state index in [9.17, 15) is 10.5 Å². The summed E-state index contributed by atoms with van der Waals surface area (Å²) in [5.41, 5.74) is 1.66. The molecule has 0 aliphatic rings. The van der Waals surface area contributed by atoms with Crippen LogP contribution in [0.2, 0.25) is 0 Å². The molecule has 136 valence electrons. The first-order valence-electron chi connectivity index (χ1n) is 7.67. The van der Waals surface area contributed by atoms with Gasteiger partial charge < -0.3 is 24.7 Å². The molecule has 0 radical (unpaired) electrons. The molecule has 0 bridgehead atoms. The lowest BCUT2D eigenvalue weighted by molar-refractivity contribution is 0.186. The van der Waals surface area contributed by atoms with E-state index in [2.05, 4.69) is 17.1 Å². The molecule has 0 unspecified atom stereocenters. The monoisotopic (exact) mass is 373 g/mol. The number of aliphatic hydroxyl groups excluding tert-OH is 2. The van der Waals surface area contributed by atoms with Crippen molar-refractivity contribution in [3.05, 3.63) is 40.0 Å². The van der Waals surface area contributed by atoms with E-state index in [0.29, 0.717) is 17.7 Å². The second-order valence-corrected chi connectivity index (χ2v) is 5.15. The molecule has 8 heteroatoms. The summed E-state index contributed by atoms with van der Waals surface area (Å²) in [5, 5.41) is 34.0. The first-order chi connectivity index (χ1) is 12.6. The molecule has 0 amide bonds. The summed E-state index contributed by atoms with van der Waals surface area (Å²) in [6, 6.07) is 11.3. The Morgan fingerprint density at radius 2 is 1.65 bits per heavy atom. The number of nitrogens with zero attached hydrogens (tertiary/aromatic N) is 2. The van der Waals surface area contributed by atoms with Crippen LogP contribution >= 0.6 is 12.2 Å². The fraction of sp³-hybridized carbons (Fsp3) is 0.278. The average Bonchev–Trinajstić information content (AvgIpc) is 2.68. The third kappa shape index (κ3) is 5.04. The van der Waals surface area contributed by atoms with Crippen molar-refractivity contribution in [1.82, 2.24) is 4.98 Å². The Morgan fingerprint density at radius 1 is 1.08 bits per heavy atom. The molecule has 2 aromatic rings. The van der Waals surface area contributed by atoms with Crippen LogP contribution < -0.4 is 9.47 Å². The van der Waals surface area contributed by atoms with E-state index < -0.39 is 0 Å². The van der Waals surface area contributed by atoms with Gasteiger partial charge in [0.1, 0.15) is 28.1 Å². The number of nitrogens with one attached hydrogen (secondary N) is 1. The van der Waals surface area contributed by atoms with Crippen LogP contribution in [0.3, 0.4) is 0 Å². The maximum Gasteiger partial charge on any atom is 0.210 e. The van der Waals surface area contributed by atoms with Crippen LogP contribution in [0.15, 0.2) is 24.3 Å². The Balaban J connectivity index is 0.000000765. The highest BCUT2D eigenvalue weighted by molar-refractivity contribution is 7.71. The number of hydrogen-bond donors (Lipinski definition) is 3. The second kappa shape index (κ2) is 10.9. The van der Waals surface area contributed by atoms with Gasteiger partial charge in [-0.15, -0.1) is 0 Å². The number of pyridine rings is 1. The number of hydrogen-bond acceptors (Lipinski definition) is 7. The Bertz CT molecular complexity index is 862. The minimum atomic E-state index is -0.125. The number of benzene rings is 1. The summed E-state index contributed by atoms with van der Waals surface area (Å²) >= 11 is 5.18. The van der Waals surface area contributed by atoms with Crippen LogP contribution in [-0.2, 0) is 0 Å². The van der Waals surface area contributed by atoms with E-state index in [0.717, 1.165) is 5.75 Å². The van der Waals surface area contributed by atoms with E-state index in [1.54, 1.807) is 24.3 Å². The SMILES string of the molecule is CCOc1ccc(-c2c(C#N)c(OC)[nH]c(=S)c2C#N)cc1.OCCO. The van der Waals surface area contributed by atoms with Gasteiger partial charge in [-0.3, -0.25) is 0 Å². The maximum absolute atomic E-state index is 9.42. The van der Waals surface area contributed by atoms with Gasteiger partial charge in [-0.2, -0.15) is 10.5 Å². The third-order valence-corrected chi connectivity index (χ3v) is 3.47. The van der Waals surface area contributed by atoms with Gasteiger partial charge in [-0.05, 0) is 24.6 Å². The van der Waals surface area contributed by atoms with Crippen molar-refractivity contribution in [2.75, 3.05) is 26.9 Å². The molecule has 3 N–H and O–H groups in total. The lowest BCUT2D eigenvalue weighted by Gasteiger charge is -2.11. The van der Waals surface area contributed by atoms with E-state index >= 15 is 0 Å². The highest BCUT2D eigenvalue weighted by atomic mass is 32.1. The number of nitriles is 2. The minimum Gasteiger partial charge on any atom is -0.494 e. The Hall–Kier alpha value is -2.91. The molecule has 1 aromatic heterocycles. The van der Waals surface area contributed by atoms with Gasteiger partial charge in [0, 0.05) is 5.56 Å². The molecule has 0 spiro atoms. The van der Waals surface area contributed by atoms with Crippen molar-refractivity contribution in [2.24, 2.45) is 0 Å². The fourth-order valence-corrected chi connectivity index (χ4v) is 2.36. The quantitative estimate of drug-likeness (QED) is 0.688. The number of ether oxygens (including phenoxy) is 2. The molecule has 0 saturated carbocycles. The molecule has 0 aliphatic heterocycles. The molecule has 7 nitrogen and oxygen atoms in total. The molecule has 26 heavy (non-hydrogen) atoms. The van der Waals surface area contributed by atoms with Gasteiger partial charge in [0.25, 0.3) is 0 Å². The van der Waals surface area contributed by atoms with Gasteiger partial charge in [0.15, 0.2) is 0 Å². The first-order valence-corrected chi connectivity index (χ1v) is 8.08. The first kappa shape index (κ1) is 21.1. The molecular weight excluding hydrogens is 354 g/mol. The molecule has 1 aromatic carbocycles. The van der Waals surface area contributed by atoms with Crippen molar-refractivity contribution in [3.63, 3.8) is 0 Å². The number of aliphatic hydroxyl groups is 2. The topological polar surface area (TPSA) is 122 Å². The molecule has 1 heterocycles. The van der Waals surface area contributed by atoms with Gasteiger partial charge in [-0.1, -0.05) is 24.4 Å². The van der Waals surface area contributed by atoms with Crippen LogP contribution in [0, 0.1) is 27.3 Å². The second-order valence-electron chi connectivity index (χ2n) is 4.74. The minimum absolute atomic E-state index is 0.125. The summed E-state index contributed by atoms with van der Waals surface area (Å²) in [6.45, 7) is 2.22. The number of H-pyrrole nitrogens is 1. The Labute approximate surface area is 156 Å². The molecule has 0 atom stereocenters. The molecular formula is C18H19N3O4S. The third-order valence-electron chi connectivity index (χ3n) is 3.16. The molecule has 2 rings (SSSR count). The number of rotatable bonds is 5. The van der Waals surface area contributed by atoms with Crippen LogP contribution in [0.25, 0.3) is 11.1 Å². The van der Waals surface area contributed by atoms with Crippen LogP contribution in [-0.4, -0.2) is 42.1 Å². The van der Waals surface area contributed by atoms with E-state index in [1.165, 1.54) is 7.11 Å². The number of aromatic amines is 1. The van der Waals surface area contributed by atoms with Crippen LogP contribution in [0.4, 0.5) is 0 Å². The zero-order chi connectivity index (χ0) is 19.5. The van der Waals surface area contributed by atoms with E-state index in [1.807, 2.05) is 6.92 Å². The highest BCUT2D eigenvalue weighted by Crippen LogP contribution is 2.33. The molecule has 0 aliphatic carbocycles. The smallest absolute Gasteiger partial charge is 0.210 e. The van der Waals surface area contributed by atoms with Gasteiger partial charge >= 0.3 is 0 Å². The van der Waals surface area contributed by atoms with Gasteiger partial charge in [0.2, 0.25) is 5.88 Å². The lowest BCUT2D eigenvalue weighted by Crippen LogP contribution is -2.00. The van der Waals surface area contributed by atoms with Crippen molar-refractivity contribution in [3.8, 4) is 34.9 Å². The Morgan fingerprint density at radius 3 is 2.08 bits per heavy atom. The van der Waals surface area contributed by atoms with Crippen molar-refractivity contribution < 1.29 is 19.7 Å². The highest BCUT2D eigenvalue weighted by Gasteiger charge is 2.18. The average molecular weight is 373 g/mol. The van der Waals surface area contributed by atoms with Crippen molar-refractivity contribution in [1.29, 1.82) is 10.5 Å². The van der Waals surface area contributed by atoms with E-state index in [4.69, 9.17) is 31.9 Å². The summed E-state index contributed by atoms with van der Waals surface area (Å²) in [7, 11) is 1.44. The Kier molecular flexibility index (Phi) is 8.82. The van der Waals surface area contributed by atoms with Gasteiger partial charge in [-0.25, -0.2) is 0 Å². The molecule has 0 saturated heterocycles. The molecule has 0 fully saturated rings. The normalized spacial score (nSPS) is 9.31. The summed E-state index contributed by atoms with van der Waals surface area (Å²) in [5.74, 6) is 0.965. The number of methoxy groups -OCH3 is 1. The van der Waals surface area contributed by atoms with Crippen LogP contribution in [0.5, 0.6) is 11.6 Å². The lowest BCUT2D eigenvalue weighted by atomic mass is 9.97. The fourth-order valence-electron chi connectivity index (χ4n) is 2.12. The van der Waals surface area contributed by atoms with E-state index in [-0.39, 0.29) is 34.9 Å². The standard InChI is InChI=1S/C16H13N3O2S.C2H6O2/c1-3-21-11-6-4-10(5-7-11)14-12(8-17)15(20-2)19-16(22)13(14)9-18;3-1-2-4/h4-7H,3H2,1-2H3,(H,19,22);3-4H,1-2H2. The zero-order valence-electron chi connectivity index (χ0n) is 14.4.